The Bertz CT molecular complexity index is 2990. The first-order chi connectivity index (χ1) is 26.9. The molecule has 2 nitrogen and oxygen atoms in total. The highest BCUT2D eigenvalue weighted by molar-refractivity contribution is 7.85. The molecule has 9 aromatic rings. The van der Waals surface area contributed by atoms with Gasteiger partial charge in [-0.25, -0.2) is 0 Å². The number of rotatable bonds is 4. The fraction of sp³-hybridized carbons (Fsp3) is 0.0588. The van der Waals surface area contributed by atoms with Gasteiger partial charge in [-0.1, -0.05) is 195 Å². The van der Waals surface area contributed by atoms with Crippen LogP contribution in [0.2, 0.25) is 13.1 Å². The van der Waals surface area contributed by atoms with E-state index in [1.807, 2.05) is 60.7 Å². The molecular formula is C51H38NOPSi. The normalized spacial score (nSPS) is 16.5. The van der Waals surface area contributed by atoms with Crippen LogP contribution in [-0.4, -0.2) is 12.6 Å². The average molecular weight is 740 g/mol. The minimum atomic E-state index is -3.11. The van der Waals surface area contributed by atoms with Gasteiger partial charge in [0.25, 0.3) is 0 Å². The summed E-state index contributed by atoms with van der Waals surface area (Å²) in [7, 11) is -5.42. The van der Waals surface area contributed by atoms with E-state index in [0.29, 0.717) is 0 Å². The zero-order valence-corrected chi connectivity index (χ0v) is 32.7. The van der Waals surface area contributed by atoms with E-state index in [1.165, 1.54) is 65.7 Å². The molecule has 11 rings (SSSR count). The van der Waals surface area contributed by atoms with Gasteiger partial charge >= 0.3 is 0 Å². The SMILES string of the molecule is C[Si]1(C)c2ccccc2C2(c3ccccc3-n3c4ccccc4c4cccc2c43)c2cccc(-c3ccc(P(=O)(c4ccccc4)c4ccccc4)cc3)c21. The second-order valence-corrected chi connectivity index (χ2v) is 22.6. The third-order valence-corrected chi connectivity index (χ3v) is 19.2. The number of fused-ring (bicyclic) bond motifs is 11. The highest BCUT2D eigenvalue weighted by atomic mass is 31.2. The summed E-state index contributed by atoms with van der Waals surface area (Å²) in [6, 6.07) is 69.8. The molecule has 1 atom stereocenters. The van der Waals surface area contributed by atoms with Gasteiger partial charge in [0.05, 0.1) is 22.1 Å². The second kappa shape index (κ2) is 11.8. The second-order valence-electron chi connectivity index (χ2n) is 15.5. The van der Waals surface area contributed by atoms with Gasteiger partial charge in [-0.05, 0) is 55.9 Å². The molecule has 4 heteroatoms. The van der Waals surface area contributed by atoms with Crippen molar-refractivity contribution in [3.63, 3.8) is 0 Å². The average Bonchev–Trinajstić information content (AvgIpc) is 3.59. The maximum absolute atomic E-state index is 15.3. The number of para-hydroxylation sites is 3. The zero-order chi connectivity index (χ0) is 36.9. The Morgan fingerprint density at radius 1 is 0.473 bits per heavy atom. The molecule has 3 heterocycles. The standard InChI is InChI=1S/C51H38NOPSi/c1-55(2)48-30-14-11-25-43(48)51(42-24-10-13-29-47(42)52-46-28-12-9-21-40(46)41-23-16-26-44(51)49(41)52)45-27-15-22-39(50(45)55)35-31-33-38(34-32-35)54(53,36-17-5-3-6-18-36)37-19-7-4-8-20-37/h3-34H,1-2H3. The Hall–Kier alpha value is -5.99. The van der Waals surface area contributed by atoms with Gasteiger partial charge in [-0.15, -0.1) is 0 Å². The number of hydrogen-bond donors (Lipinski definition) is 0. The molecule has 1 unspecified atom stereocenters. The van der Waals surface area contributed by atoms with Crippen LogP contribution in [0.1, 0.15) is 22.3 Å². The van der Waals surface area contributed by atoms with E-state index in [1.54, 1.807) is 0 Å². The van der Waals surface area contributed by atoms with Gasteiger partial charge in [-0.3, -0.25) is 0 Å². The Kier molecular flexibility index (Phi) is 6.93. The van der Waals surface area contributed by atoms with Gasteiger partial charge in [-0.2, -0.15) is 0 Å². The molecule has 0 N–H and O–H groups in total. The van der Waals surface area contributed by atoms with Crippen LogP contribution in [0.25, 0.3) is 38.6 Å². The van der Waals surface area contributed by atoms with Gasteiger partial charge in [0.15, 0.2) is 7.14 Å². The van der Waals surface area contributed by atoms with E-state index in [0.717, 1.165) is 21.5 Å². The summed E-state index contributed by atoms with van der Waals surface area (Å²) in [5.41, 5.74) is 11.1. The Balaban J connectivity index is 1.20. The molecule has 2 aliphatic rings. The van der Waals surface area contributed by atoms with Crippen molar-refractivity contribution < 1.29 is 4.57 Å². The summed E-state index contributed by atoms with van der Waals surface area (Å²) >= 11 is 0. The molecule has 0 fully saturated rings. The molecule has 1 spiro atoms. The first kappa shape index (κ1) is 32.4. The Labute approximate surface area is 322 Å². The predicted molar refractivity (Wildman–Crippen MR) is 234 cm³/mol. The van der Waals surface area contributed by atoms with Crippen molar-refractivity contribution >= 4 is 63.3 Å². The molecule has 2 aliphatic heterocycles. The maximum atomic E-state index is 15.3. The summed E-state index contributed by atoms with van der Waals surface area (Å²) < 4.78 is 17.8. The van der Waals surface area contributed by atoms with Crippen LogP contribution in [0.3, 0.4) is 0 Å². The summed E-state index contributed by atoms with van der Waals surface area (Å²) in [5.74, 6) is 0. The Morgan fingerprint density at radius 2 is 1.02 bits per heavy atom. The van der Waals surface area contributed by atoms with Crippen molar-refractivity contribution in [2.45, 2.75) is 18.5 Å². The lowest BCUT2D eigenvalue weighted by atomic mass is 9.62. The first-order valence-corrected chi connectivity index (χ1v) is 23.8. The fourth-order valence-corrected chi connectivity index (χ4v) is 16.5. The third-order valence-electron chi connectivity index (χ3n) is 12.5. The van der Waals surface area contributed by atoms with Crippen molar-refractivity contribution in [3.8, 4) is 16.8 Å². The predicted octanol–water partition coefficient (Wildman–Crippen LogP) is 9.92. The lowest BCUT2D eigenvalue weighted by Crippen LogP contribution is -2.64. The van der Waals surface area contributed by atoms with Crippen molar-refractivity contribution in [1.29, 1.82) is 0 Å². The van der Waals surface area contributed by atoms with Crippen LogP contribution < -0.4 is 26.3 Å². The van der Waals surface area contributed by atoms with Crippen LogP contribution >= 0.6 is 7.14 Å². The number of benzene rings is 8. The monoisotopic (exact) mass is 739 g/mol. The minimum Gasteiger partial charge on any atom is -0.309 e. The van der Waals surface area contributed by atoms with Crippen molar-refractivity contribution in [1.82, 2.24) is 4.57 Å². The number of hydrogen-bond acceptors (Lipinski definition) is 1. The molecule has 262 valence electrons. The first-order valence-electron chi connectivity index (χ1n) is 19.1. The van der Waals surface area contributed by atoms with Crippen LogP contribution in [0.5, 0.6) is 0 Å². The van der Waals surface area contributed by atoms with Crippen LogP contribution in [-0.2, 0) is 9.98 Å². The van der Waals surface area contributed by atoms with Crippen molar-refractivity contribution in [2.75, 3.05) is 0 Å². The van der Waals surface area contributed by atoms with Crippen LogP contribution in [0.15, 0.2) is 194 Å². The van der Waals surface area contributed by atoms with E-state index >= 15 is 4.57 Å². The molecule has 0 radical (unpaired) electrons. The third kappa shape index (κ3) is 4.23. The Morgan fingerprint density at radius 3 is 1.76 bits per heavy atom. The fourth-order valence-electron chi connectivity index (χ4n) is 10.3. The largest absolute Gasteiger partial charge is 0.309 e. The van der Waals surface area contributed by atoms with E-state index in [-0.39, 0.29) is 0 Å². The minimum absolute atomic E-state index is 0.527. The van der Waals surface area contributed by atoms with Gasteiger partial charge in [0.2, 0.25) is 0 Å². The van der Waals surface area contributed by atoms with Crippen LogP contribution in [0.4, 0.5) is 0 Å². The smallest absolute Gasteiger partial charge is 0.171 e. The molecule has 8 aromatic carbocycles. The van der Waals surface area contributed by atoms with Crippen molar-refractivity contribution in [2.24, 2.45) is 0 Å². The topological polar surface area (TPSA) is 22.0 Å². The lowest BCUT2D eigenvalue weighted by Gasteiger charge is -2.50. The highest BCUT2D eigenvalue weighted by Crippen LogP contribution is 2.55. The number of aromatic nitrogens is 1. The summed E-state index contributed by atoms with van der Waals surface area (Å²) in [6.45, 7) is 5.06. The van der Waals surface area contributed by atoms with E-state index in [4.69, 9.17) is 0 Å². The van der Waals surface area contributed by atoms with Crippen molar-refractivity contribution in [3.05, 3.63) is 216 Å². The molecule has 0 bridgehead atoms. The molecule has 0 aliphatic carbocycles. The molecule has 0 amide bonds. The van der Waals surface area contributed by atoms with Gasteiger partial charge < -0.3 is 9.13 Å². The maximum Gasteiger partial charge on any atom is 0.171 e. The lowest BCUT2D eigenvalue weighted by molar-refractivity contribution is 0.592. The molecule has 1 aromatic heterocycles. The van der Waals surface area contributed by atoms with Crippen LogP contribution in [0, 0.1) is 0 Å². The van der Waals surface area contributed by atoms with E-state index < -0.39 is 20.6 Å². The molecule has 0 saturated heterocycles. The zero-order valence-electron chi connectivity index (χ0n) is 30.8. The van der Waals surface area contributed by atoms with E-state index in [2.05, 4.69) is 151 Å². The van der Waals surface area contributed by atoms with Gasteiger partial charge in [0.1, 0.15) is 8.07 Å². The molecule has 55 heavy (non-hydrogen) atoms. The summed E-state index contributed by atoms with van der Waals surface area (Å²) in [6.07, 6.45) is 0. The molecule has 0 saturated carbocycles. The van der Waals surface area contributed by atoms with Gasteiger partial charge in [0, 0.05) is 26.7 Å². The highest BCUT2D eigenvalue weighted by Gasteiger charge is 2.53. The van der Waals surface area contributed by atoms with E-state index in [9.17, 15) is 0 Å². The summed E-state index contributed by atoms with van der Waals surface area (Å²) in [5, 5.41) is 8.05. The summed E-state index contributed by atoms with van der Waals surface area (Å²) in [4.78, 5) is 0. The quantitative estimate of drug-likeness (QED) is 0.130. The molecular weight excluding hydrogens is 702 g/mol. The number of nitrogens with zero attached hydrogens (tertiary/aromatic N) is 1.